The van der Waals surface area contributed by atoms with Crippen molar-refractivity contribution in [3.05, 3.63) is 88.4 Å². The van der Waals surface area contributed by atoms with E-state index < -0.39 is 0 Å². The minimum Gasteiger partial charge on any atom is -0.497 e. The molecular formula is C23H16N2OS2. The summed E-state index contributed by atoms with van der Waals surface area (Å²) in [5.41, 5.74) is 4.18. The molecule has 0 atom stereocenters. The number of thiazole rings is 2. The predicted octanol–water partition coefficient (Wildman–Crippen LogP) is 6.50. The maximum absolute atomic E-state index is 5.28. The van der Waals surface area contributed by atoms with Crippen molar-refractivity contribution in [2.45, 2.75) is 0 Å². The molecule has 28 heavy (non-hydrogen) atoms. The second-order valence-corrected chi connectivity index (χ2v) is 8.37. The van der Waals surface area contributed by atoms with Crippen molar-refractivity contribution in [1.29, 1.82) is 0 Å². The molecule has 5 aromatic rings. The van der Waals surface area contributed by atoms with Gasteiger partial charge in [-0.25, -0.2) is 9.97 Å². The molecule has 0 fully saturated rings. The van der Waals surface area contributed by atoms with Crippen LogP contribution >= 0.6 is 22.7 Å². The average molecular weight is 401 g/mol. The molecule has 2 heterocycles. The van der Waals surface area contributed by atoms with Crippen LogP contribution in [0.5, 0.6) is 5.75 Å². The SMILES string of the molecule is COc1ccc(C=C(c2nc3ccccc3s2)c2nc3ccccc3s2)cc1. The quantitative estimate of drug-likeness (QED) is 0.345. The molecule has 136 valence electrons. The van der Waals surface area contributed by atoms with Gasteiger partial charge in [-0.1, -0.05) is 36.4 Å². The number of ether oxygens (including phenoxy) is 1. The topological polar surface area (TPSA) is 35.0 Å². The third-order valence-electron chi connectivity index (χ3n) is 4.48. The molecule has 0 bridgehead atoms. The van der Waals surface area contributed by atoms with Gasteiger partial charge in [0.05, 0.1) is 27.5 Å². The second kappa shape index (κ2) is 7.19. The molecule has 5 heteroatoms. The summed E-state index contributed by atoms with van der Waals surface area (Å²) in [6, 6.07) is 24.5. The Hall–Kier alpha value is -3.02. The highest BCUT2D eigenvalue weighted by molar-refractivity contribution is 7.22. The number of nitrogens with zero attached hydrogens (tertiary/aromatic N) is 2. The maximum Gasteiger partial charge on any atom is 0.127 e. The lowest BCUT2D eigenvalue weighted by Crippen LogP contribution is -1.87. The lowest BCUT2D eigenvalue weighted by Gasteiger charge is -2.03. The Morgan fingerprint density at radius 1 is 0.750 bits per heavy atom. The van der Waals surface area contributed by atoms with E-state index in [9.17, 15) is 0 Å². The van der Waals surface area contributed by atoms with Crippen LogP contribution in [0.1, 0.15) is 15.6 Å². The van der Waals surface area contributed by atoms with E-state index in [1.54, 1.807) is 29.8 Å². The molecule has 5 rings (SSSR count). The molecule has 3 nitrogen and oxygen atoms in total. The van der Waals surface area contributed by atoms with E-state index in [2.05, 4.69) is 54.6 Å². The molecule has 0 unspecified atom stereocenters. The van der Waals surface area contributed by atoms with Crippen LogP contribution in [-0.2, 0) is 0 Å². The highest BCUT2D eigenvalue weighted by Crippen LogP contribution is 2.36. The Morgan fingerprint density at radius 3 is 1.79 bits per heavy atom. The van der Waals surface area contributed by atoms with Crippen LogP contribution in [0.2, 0.25) is 0 Å². The summed E-state index contributed by atoms with van der Waals surface area (Å²) in [6.45, 7) is 0. The van der Waals surface area contributed by atoms with Crippen molar-refractivity contribution in [2.75, 3.05) is 7.11 Å². The zero-order valence-electron chi connectivity index (χ0n) is 15.1. The number of hydrogen-bond donors (Lipinski definition) is 0. The third-order valence-corrected chi connectivity index (χ3v) is 6.61. The van der Waals surface area contributed by atoms with Crippen molar-refractivity contribution in [3.8, 4) is 5.75 Å². The molecule has 0 aliphatic carbocycles. The van der Waals surface area contributed by atoms with E-state index >= 15 is 0 Å². The molecule has 0 spiro atoms. The largest absolute Gasteiger partial charge is 0.497 e. The molecule has 0 amide bonds. The maximum atomic E-state index is 5.28. The zero-order chi connectivity index (χ0) is 18.9. The summed E-state index contributed by atoms with van der Waals surface area (Å²) in [6.07, 6.45) is 2.16. The van der Waals surface area contributed by atoms with E-state index in [0.29, 0.717) is 0 Å². The van der Waals surface area contributed by atoms with Crippen LogP contribution in [0, 0.1) is 0 Å². The highest BCUT2D eigenvalue weighted by Gasteiger charge is 2.15. The Balaban J connectivity index is 1.69. The number of para-hydroxylation sites is 2. The monoisotopic (exact) mass is 400 g/mol. The zero-order valence-corrected chi connectivity index (χ0v) is 16.8. The van der Waals surface area contributed by atoms with Gasteiger partial charge >= 0.3 is 0 Å². The summed E-state index contributed by atoms with van der Waals surface area (Å²) in [5, 5.41) is 1.96. The number of fused-ring (bicyclic) bond motifs is 2. The third kappa shape index (κ3) is 3.19. The first-order chi connectivity index (χ1) is 13.8. The molecule has 0 radical (unpaired) electrons. The Labute approximate surface area is 170 Å². The summed E-state index contributed by atoms with van der Waals surface area (Å²) < 4.78 is 7.64. The van der Waals surface area contributed by atoms with Crippen LogP contribution in [0.4, 0.5) is 0 Å². The van der Waals surface area contributed by atoms with Crippen LogP contribution in [0.3, 0.4) is 0 Å². The van der Waals surface area contributed by atoms with Gasteiger partial charge in [-0.3, -0.25) is 0 Å². The molecule has 0 saturated heterocycles. The highest BCUT2D eigenvalue weighted by atomic mass is 32.1. The number of methoxy groups -OCH3 is 1. The molecule has 0 N–H and O–H groups in total. The van der Waals surface area contributed by atoms with Gasteiger partial charge in [-0.05, 0) is 48.0 Å². The van der Waals surface area contributed by atoms with Gasteiger partial charge in [0.25, 0.3) is 0 Å². The van der Waals surface area contributed by atoms with Gasteiger partial charge < -0.3 is 4.74 Å². The molecular weight excluding hydrogens is 384 g/mol. The van der Waals surface area contributed by atoms with E-state index in [1.807, 2.05) is 24.3 Å². The fourth-order valence-electron chi connectivity index (χ4n) is 3.06. The normalized spacial score (nSPS) is 11.0. The van der Waals surface area contributed by atoms with Crippen LogP contribution in [0.25, 0.3) is 32.1 Å². The lowest BCUT2D eigenvalue weighted by atomic mass is 10.1. The molecule has 0 aliphatic heterocycles. The first-order valence-electron chi connectivity index (χ1n) is 8.88. The van der Waals surface area contributed by atoms with Gasteiger partial charge in [-0.15, -0.1) is 22.7 Å². The fourth-order valence-corrected chi connectivity index (χ4v) is 5.09. The lowest BCUT2D eigenvalue weighted by molar-refractivity contribution is 0.415. The standard InChI is InChI=1S/C23H16N2OS2/c1-26-16-12-10-15(11-13-16)14-17(22-24-18-6-2-4-8-20(18)27-22)23-25-19-7-3-5-9-21(19)28-23/h2-14H,1H3. The number of aromatic nitrogens is 2. The fraction of sp³-hybridized carbons (Fsp3) is 0.0435. The summed E-state index contributed by atoms with van der Waals surface area (Å²) in [4.78, 5) is 9.76. The van der Waals surface area contributed by atoms with Crippen molar-refractivity contribution < 1.29 is 4.74 Å². The van der Waals surface area contributed by atoms with Crippen molar-refractivity contribution in [2.24, 2.45) is 0 Å². The minimum absolute atomic E-state index is 0.846. The van der Waals surface area contributed by atoms with Gasteiger partial charge in [0, 0.05) is 5.57 Å². The second-order valence-electron chi connectivity index (χ2n) is 6.30. The van der Waals surface area contributed by atoms with Crippen molar-refractivity contribution >= 4 is 54.8 Å². The van der Waals surface area contributed by atoms with Gasteiger partial charge in [0.2, 0.25) is 0 Å². The van der Waals surface area contributed by atoms with E-state index in [4.69, 9.17) is 14.7 Å². The van der Waals surface area contributed by atoms with Crippen molar-refractivity contribution in [3.63, 3.8) is 0 Å². The van der Waals surface area contributed by atoms with E-state index in [0.717, 1.165) is 37.9 Å². The molecule has 2 aromatic heterocycles. The molecule has 0 saturated carbocycles. The Kier molecular flexibility index (Phi) is 4.39. The first-order valence-corrected chi connectivity index (χ1v) is 10.5. The Bertz CT molecular complexity index is 1160. The molecule has 3 aromatic carbocycles. The van der Waals surface area contributed by atoms with E-state index in [1.165, 1.54) is 9.40 Å². The molecule has 0 aliphatic rings. The van der Waals surface area contributed by atoms with Gasteiger partial charge in [0.1, 0.15) is 15.8 Å². The smallest absolute Gasteiger partial charge is 0.127 e. The van der Waals surface area contributed by atoms with Crippen LogP contribution in [-0.4, -0.2) is 17.1 Å². The van der Waals surface area contributed by atoms with Crippen LogP contribution < -0.4 is 4.74 Å². The summed E-state index contributed by atoms with van der Waals surface area (Å²) in [5.74, 6) is 0.846. The van der Waals surface area contributed by atoms with E-state index in [-0.39, 0.29) is 0 Å². The average Bonchev–Trinajstić information content (AvgIpc) is 3.36. The number of benzene rings is 3. The Morgan fingerprint density at radius 2 is 1.29 bits per heavy atom. The minimum atomic E-state index is 0.846. The number of hydrogen-bond acceptors (Lipinski definition) is 5. The van der Waals surface area contributed by atoms with Gasteiger partial charge in [0.15, 0.2) is 0 Å². The predicted molar refractivity (Wildman–Crippen MR) is 119 cm³/mol. The first kappa shape index (κ1) is 17.1. The summed E-state index contributed by atoms with van der Waals surface area (Å²) in [7, 11) is 1.68. The number of rotatable bonds is 4. The van der Waals surface area contributed by atoms with Gasteiger partial charge in [-0.2, -0.15) is 0 Å². The summed E-state index contributed by atoms with van der Waals surface area (Å²) >= 11 is 3.40. The van der Waals surface area contributed by atoms with Crippen LogP contribution in [0.15, 0.2) is 72.8 Å². The van der Waals surface area contributed by atoms with Crippen molar-refractivity contribution in [1.82, 2.24) is 9.97 Å².